The quantitative estimate of drug-likeness (QED) is 0.0911. The molecule has 0 N–H and O–H groups in total. The van der Waals surface area contributed by atoms with E-state index in [2.05, 4.69) is 45.2 Å². The van der Waals surface area contributed by atoms with Crippen LogP contribution >= 0.6 is 59.5 Å². The molecule has 0 aliphatic rings. The summed E-state index contributed by atoms with van der Waals surface area (Å²) in [6, 6.07) is 50.3. The average Bonchev–Trinajstić information content (AvgIpc) is 3.14. The highest BCUT2D eigenvalue weighted by Crippen LogP contribution is 2.46. The first-order valence-electron chi connectivity index (χ1n) is 16.1. The molecular formula is C41H36I2O4P2. The number of hydrogen-bond donors (Lipinski definition) is 0. The lowest BCUT2D eigenvalue weighted by Crippen LogP contribution is -2.29. The Kier molecular flexibility index (Phi) is 11.5. The van der Waals surface area contributed by atoms with Crippen molar-refractivity contribution in [3.63, 3.8) is 0 Å². The first-order valence-corrected chi connectivity index (χ1v) is 21.6. The molecule has 0 saturated heterocycles. The molecule has 0 fully saturated rings. The zero-order valence-electron chi connectivity index (χ0n) is 27.2. The molecule has 0 heterocycles. The fourth-order valence-corrected chi connectivity index (χ4v) is 14.5. The van der Waals surface area contributed by atoms with Crippen LogP contribution in [0, 0.1) is 7.14 Å². The Morgan fingerprint density at radius 1 is 0.449 bits per heavy atom. The molecule has 0 radical (unpaired) electrons. The maximum Gasteiger partial charge on any atom is 0.172 e. The summed E-state index contributed by atoms with van der Waals surface area (Å²) >= 11 is 4.55. The van der Waals surface area contributed by atoms with Crippen LogP contribution in [0.1, 0.15) is 20.3 Å². The van der Waals surface area contributed by atoms with Crippen molar-refractivity contribution in [3.8, 4) is 11.5 Å². The molecule has 0 unspecified atom stereocenters. The van der Waals surface area contributed by atoms with Gasteiger partial charge in [0.1, 0.15) is 11.5 Å². The second-order valence-electron chi connectivity index (χ2n) is 11.8. The molecule has 0 aromatic heterocycles. The van der Waals surface area contributed by atoms with E-state index in [4.69, 9.17) is 9.47 Å². The Balaban J connectivity index is 1.24. The summed E-state index contributed by atoms with van der Waals surface area (Å²) in [6.07, 6.45) is 0.198. The molecule has 49 heavy (non-hydrogen) atoms. The SMILES string of the molecule is C[C@H](C[C@@H](C)Oc1cccc(P(=O)(c2ccccc2)c2ccccc2)c1I)Oc1cccc(P(=O)(c2ccccc2)c2ccccc2)c1I. The van der Waals surface area contributed by atoms with Crippen LogP contribution in [-0.2, 0) is 9.13 Å². The van der Waals surface area contributed by atoms with E-state index in [1.54, 1.807) is 0 Å². The van der Waals surface area contributed by atoms with Crippen LogP contribution in [0.25, 0.3) is 0 Å². The molecule has 0 aliphatic carbocycles. The van der Waals surface area contributed by atoms with Crippen LogP contribution in [0.15, 0.2) is 158 Å². The average molecular weight is 908 g/mol. The Hall–Kier alpha value is -3.16. The lowest BCUT2D eigenvalue weighted by molar-refractivity contribution is 0.130. The van der Waals surface area contributed by atoms with Crippen LogP contribution < -0.4 is 41.3 Å². The van der Waals surface area contributed by atoms with Crippen LogP contribution in [0.2, 0.25) is 0 Å². The normalized spacial score (nSPS) is 13.0. The molecule has 0 saturated carbocycles. The Morgan fingerprint density at radius 2 is 0.735 bits per heavy atom. The van der Waals surface area contributed by atoms with E-state index < -0.39 is 14.3 Å². The fraction of sp³-hybridized carbons (Fsp3) is 0.122. The zero-order valence-corrected chi connectivity index (χ0v) is 33.3. The molecule has 6 aromatic carbocycles. The van der Waals surface area contributed by atoms with Crippen molar-refractivity contribution < 1.29 is 18.6 Å². The van der Waals surface area contributed by atoms with Gasteiger partial charge in [0.25, 0.3) is 0 Å². The summed E-state index contributed by atoms with van der Waals surface area (Å²) < 4.78 is 44.9. The van der Waals surface area contributed by atoms with Gasteiger partial charge in [-0.3, -0.25) is 0 Å². The van der Waals surface area contributed by atoms with Gasteiger partial charge >= 0.3 is 0 Å². The smallest absolute Gasteiger partial charge is 0.172 e. The largest absolute Gasteiger partial charge is 0.489 e. The lowest BCUT2D eigenvalue weighted by Gasteiger charge is -2.25. The predicted molar refractivity (Wildman–Crippen MR) is 222 cm³/mol. The van der Waals surface area contributed by atoms with Crippen molar-refractivity contribution in [1.82, 2.24) is 0 Å². The van der Waals surface area contributed by atoms with E-state index in [1.807, 2.05) is 172 Å². The number of halogens is 2. The third kappa shape index (κ3) is 7.49. The second-order valence-corrected chi connectivity index (χ2v) is 19.5. The highest BCUT2D eigenvalue weighted by Gasteiger charge is 2.34. The minimum atomic E-state index is -3.16. The van der Waals surface area contributed by atoms with Crippen molar-refractivity contribution in [2.24, 2.45) is 0 Å². The molecule has 6 aromatic rings. The van der Waals surface area contributed by atoms with Gasteiger partial charge < -0.3 is 18.6 Å². The third-order valence-electron chi connectivity index (χ3n) is 8.36. The standard InChI is InChI=1S/C41H36I2O4P2/c1-30(46-36-25-15-27-38(40(36)42)48(44,32-17-7-3-8-18-32)33-19-9-4-10-20-33)29-31(2)47-37-26-16-28-39(41(37)43)49(45,34-21-11-5-12-22-34)35-23-13-6-14-24-35/h3-28,30-31H,29H2,1-2H3/t30-,31-/m1/s1. The molecule has 0 aliphatic heterocycles. The highest BCUT2D eigenvalue weighted by molar-refractivity contribution is 14.1. The molecule has 2 atom stereocenters. The number of benzene rings is 6. The minimum absolute atomic E-state index is 0.202. The Morgan fingerprint density at radius 3 is 1.02 bits per heavy atom. The molecular weight excluding hydrogens is 872 g/mol. The van der Waals surface area contributed by atoms with E-state index in [-0.39, 0.29) is 12.2 Å². The highest BCUT2D eigenvalue weighted by atomic mass is 127. The molecule has 8 heteroatoms. The summed E-state index contributed by atoms with van der Waals surface area (Å²) in [7, 11) is -6.33. The van der Waals surface area contributed by atoms with Gasteiger partial charge in [-0.2, -0.15) is 0 Å². The zero-order chi connectivity index (χ0) is 34.4. The van der Waals surface area contributed by atoms with E-state index in [1.165, 1.54) is 0 Å². The van der Waals surface area contributed by atoms with Crippen LogP contribution in [-0.4, -0.2) is 12.2 Å². The Bertz CT molecular complexity index is 1870. The number of ether oxygens (including phenoxy) is 2. The van der Waals surface area contributed by atoms with Gasteiger partial charge in [0.2, 0.25) is 0 Å². The van der Waals surface area contributed by atoms with Gasteiger partial charge in [0.15, 0.2) is 14.3 Å². The summed E-state index contributed by atoms with van der Waals surface area (Å²) in [6.45, 7) is 4.05. The maximum atomic E-state index is 15.1. The molecule has 0 bridgehead atoms. The van der Waals surface area contributed by atoms with E-state index in [9.17, 15) is 0 Å². The molecule has 248 valence electrons. The number of rotatable bonds is 12. The van der Waals surface area contributed by atoms with E-state index in [0.29, 0.717) is 17.9 Å². The first-order chi connectivity index (χ1) is 23.7. The van der Waals surface area contributed by atoms with E-state index >= 15 is 9.13 Å². The molecule has 0 amide bonds. The molecule has 0 spiro atoms. The summed E-state index contributed by atoms with van der Waals surface area (Å²) in [5.74, 6) is 1.38. The van der Waals surface area contributed by atoms with Gasteiger partial charge in [-0.1, -0.05) is 133 Å². The van der Waals surface area contributed by atoms with E-state index in [0.717, 1.165) is 39.0 Å². The Labute approximate surface area is 316 Å². The topological polar surface area (TPSA) is 52.6 Å². The monoisotopic (exact) mass is 908 g/mol. The van der Waals surface area contributed by atoms with Crippen molar-refractivity contribution in [3.05, 3.63) is 165 Å². The summed E-state index contributed by atoms with van der Waals surface area (Å²) in [5.41, 5.74) is 0. The summed E-state index contributed by atoms with van der Waals surface area (Å²) in [4.78, 5) is 0. The fourth-order valence-electron chi connectivity index (χ4n) is 6.07. The van der Waals surface area contributed by atoms with Crippen molar-refractivity contribution in [1.29, 1.82) is 0 Å². The second kappa shape index (κ2) is 15.8. The predicted octanol–water partition coefficient (Wildman–Crippen LogP) is 8.80. The number of hydrogen-bond acceptors (Lipinski definition) is 4. The lowest BCUT2D eigenvalue weighted by atomic mass is 10.2. The maximum absolute atomic E-state index is 15.1. The van der Waals surface area contributed by atoms with Gasteiger partial charge in [-0.05, 0) is 83.3 Å². The van der Waals surface area contributed by atoms with Crippen molar-refractivity contribution in [2.45, 2.75) is 32.5 Å². The molecule has 6 rings (SSSR count). The minimum Gasteiger partial charge on any atom is -0.489 e. The third-order valence-corrected chi connectivity index (χ3v) is 17.6. The van der Waals surface area contributed by atoms with Gasteiger partial charge in [0, 0.05) is 38.2 Å². The van der Waals surface area contributed by atoms with Gasteiger partial charge in [0.05, 0.1) is 19.3 Å². The van der Waals surface area contributed by atoms with Crippen molar-refractivity contribution >= 4 is 91.3 Å². The van der Waals surface area contributed by atoms with Crippen LogP contribution in [0.4, 0.5) is 0 Å². The van der Waals surface area contributed by atoms with Crippen molar-refractivity contribution in [2.75, 3.05) is 0 Å². The van der Waals surface area contributed by atoms with Gasteiger partial charge in [-0.25, -0.2) is 0 Å². The van der Waals surface area contributed by atoms with Crippen LogP contribution in [0.5, 0.6) is 11.5 Å². The summed E-state index contributed by atoms with van der Waals surface area (Å²) in [5, 5.41) is 4.65. The first kappa shape index (κ1) is 35.7. The molecule has 4 nitrogen and oxygen atoms in total. The van der Waals surface area contributed by atoms with Gasteiger partial charge in [-0.15, -0.1) is 0 Å². The van der Waals surface area contributed by atoms with Crippen LogP contribution in [0.3, 0.4) is 0 Å².